The first-order valence-electron chi connectivity index (χ1n) is 3.48. The normalized spacial score (nSPS) is 13.9. The molecular formula is C7H8O6S. The molecule has 1 rings (SSSR count). The fraction of sp³-hybridized carbons (Fsp3) is 0.143. The van der Waals surface area contributed by atoms with Crippen molar-refractivity contribution in [2.24, 2.45) is 0 Å². The summed E-state index contributed by atoms with van der Waals surface area (Å²) in [4.78, 5) is 0. The number of phenols is 2. The maximum absolute atomic E-state index is 10.5. The maximum atomic E-state index is 10.5. The van der Waals surface area contributed by atoms with Crippen molar-refractivity contribution in [3.8, 4) is 11.5 Å². The third kappa shape index (κ3) is 2.13. The van der Waals surface area contributed by atoms with Crippen molar-refractivity contribution in [2.45, 2.75) is 5.44 Å². The van der Waals surface area contributed by atoms with E-state index in [0.29, 0.717) is 0 Å². The molecule has 0 aliphatic heterocycles. The largest absolute Gasteiger partial charge is 0.504 e. The number of hydrogen-bond acceptors (Lipinski definition) is 5. The molecule has 0 saturated carbocycles. The van der Waals surface area contributed by atoms with Gasteiger partial charge in [-0.2, -0.15) is 8.42 Å². The first-order valence-corrected chi connectivity index (χ1v) is 4.99. The predicted molar refractivity (Wildman–Crippen MR) is 46.3 cm³/mol. The average molecular weight is 220 g/mol. The van der Waals surface area contributed by atoms with E-state index in [0.717, 1.165) is 18.2 Å². The summed E-state index contributed by atoms with van der Waals surface area (Å²) in [6.07, 6.45) is 0. The topological polar surface area (TPSA) is 115 Å². The maximum Gasteiger partial charge on any atom is 0.296 e. The number of rotatable bonds is 2. The molecule has 1 aromatic carbocycles. The molecule has 0 radical (unpaired) electrons. The van der Waals surface area contributed by atoms with Crippen LogP contribution in [0.2, 0.25) is 0 Å². The summed E-state index contributed by atoms with van der Waals surface area (Å²) in [5, 5.41) is 26.9. The fourth-order valence-electron chi connectivity index (χ4n) is 0.866. The second-order valence-electron chi connectivity index (χ2n) is 2.62. The monoisotopic (exact) mass is 220 g/mol. The zero-order valence-electron chi connectivity index (χ0n) is 6.82. The molecule has 0 spiro atoms. The lowest BCUT2D eigenvalue weighted by Gasteiger charge is -2.07. The highest BCUT2D eigenvalue weighted by Gasteiger charge is 2.22. The van der Waals surface area contributed by atoms with E-state index in [1.807, 2.05) is 0 Å². The molecular weight excluding hydrogens is 212 g/mol. The van der Waals surface area contributed by atoms with Gasteiger partial charge in [0.05, 0.1) is 0 Å². The van der Waals surface area contributed by atoms with E-state index in [-0.39, 0.29) is 5.56 Å². The molecule has 0 saturated heterocycles. The second-order valence-corrected chi connectivity index (χ2v) is 4.09. The molecule has 6 nitrogen and oxygen atoms in total. The molecule has 7 heteroatoms. The van der Waals surface area contributed by atoms with Gasteiger partial charge in [0.1, 0.15) is 0 Å². The highest BCUT2D eigenvalue weighted by Crippen LogP contribution is 2.29. The van der Waals surface area contributed by atoms with Crippen LogP contribution < -0.4 is 0 Å². The number of phenolic OH excluding ortho intramolecular Hbond substituents is 2. The van der Waals surface area contributed by atoms with Crippen LogP contribution in [0.25, 0.3) is 0 Å². The van der Waals surface area contributed by atoms with Crippen LogP contribution in [0.1, 0.15) is 11.0 Å². The van der Waals surface area contributed by atoms with Gasteiger partial charge in [-0.05, 0) is 12.1 Å². The van der Waals surface area contributed by atoms with Gasteiger partial charge in [-0.25, -0.2) is 0 Å². The van der Waals surface area contributed by atoms with Gasteiger partial charge < -0.3 is 15.3 Å². The molecule has 0 fully saturated rings. The van der Waals surface area contributed by atoms with Gasteiger partial charge in [0, 0.05) is 5.56 Å². The number of aliphatic hydroxyl groups is 1. The Morgan fingerprint density at radius 3 is 2.14 bits per heavy atom. The predicted octanol–water partition coefficient (Wildman–Crippen LogP) is -0.0235. The molecule has 1 aromatic rings. The van der Waals surface area contributed by atoms with Crippen molar-refractivity contribution in [2.75, 3.05) is 0 Å². The van der Waals surface area contributed by atoms with Gasteiger partial charge >= 0.3 is 0 Å². The van der Waals surface area contributed by atoms with E-state index in [1.165, 1.54) is 0 Å². The summed E-state index contributed by atoms with van der Waals surface area (Å²) in [6.45, 7) is 0. The lowest BCUT2D eigenvalue weighted by atomic mass is 10.2. The van der Waals surface area contributed by atoms with E-state index in [4.69, 9.17) is 19.9 Å². The van der Waals surface area contributed by atoms with Crippen LogP contribution in [0.5, 0.6) is 11.5 Å². The minimum Gasteiger partial charge on any atom is -0.504 e. The Balaban J connectivity index is 3.16. The Morgan fingerprint density at radius 2 is 1.71 bits per heavy atom. The van der Waals surface area contributed by atoms with E-state index in [9.17, 15) is 8.42 Å². The Hall–Kier alpha value is -1.31. The van der Waals surface area contributed by atoms with Crippen LogP contribution in [0.4, 0.5) is 0 Å². The summed E-state index contributed by atoms with van der Waals surface area (Å²) in [6, 6.07) is 2.90. The fourth-order valence-corrected chi connectivity index (χ4v) is 1.36. The highest BCUT2D eigenvalue weighted by atomic mass is 32.2. The number of benzene rings is 1. The molecule has 4 N–H and O–H groups in total. The van der Waals surface area contributed by atoms with Gasteiger partial charge in [0.2, 0.25) is 5.44 Å². The lowest BCUT2D eigenvalue weighted by Crippen LogP contribution is -2.10. The first-order chi connectivity index (χ1) is 6.32. The van der Waals surface area contributed by atoms with E-state index in [2.05, 4.69) is 0 Å². The number of aromatic hydroxyl groups is 2. The molecule has 1 atom stereocenters. The zero-order chi connectivity index (χ0) is 10.9. The van der Waals surface area contributed by atoms with Gasteiger partial charge in [0.15, 0.2) is 11.5 Å². The third-order valence-electron chi connectivity index (χ3n) is 1.57. The molecule has 0 heterocycles. The summed E-state index contributed by atoms with van der Waals surface area (Å²) in [5.41, 5.74) is -2.36. The Bertz CT molecular complexity index is 437. The Kier molecular flexibility index (Phi) is 2.65. The van der Waals surface area contributed by atoms with Gasteiger partial charge in [-0.15, -0.1) is 0 Å². The molecule has 0 aliphatic carbocycles. The van der Waals surface area contributed by atoms with Crippen molar-refractivity contribution in [1.29, 1.82) is 0 Å². The van der Waals surface area contributed by atoms with E-state index in [1.54, 1.807) is 0 Å². The van der Waals surface area contributed by atoms with Crippen LogP contribution in [0.15, 0.2) is 18.2 Å². The molecule has 0 aromatic heterocycles. The zero-order valence-corrected chi connectivity index (χ0v) is 7.64. The SMILES string of the molecule is O=S(=O)(O)C(O)c1ccc(O)c(O)c1. The van der Waals surface area contributed by atoms with E-state index >= 15 is 0 Å². The Morgan fingerprint density at radius 1 is 1.14 bits per heavy atom. The summed E-state index contributed by atoms with van der Waals surface area (Å²) >= 11 is 0. The van der Waals surface area contributed by atoms with Gasteiger partial charge in [-0.3, -0.25) is 4.55 Å². The van der Waals surface area contributed by atoms with Crippen LogP contribution in [0.3, 0.4) is 0 Å². The standard InChI is InChI=1S/C7H8O6S/c8-5-2-1-4(3-6(5)9)7(10)14(11,12)13/h1-3,7-10H,(H,11,12,13). The minimum atomic E-state index is -4.62. The first kappa shape index (κ1) is 10.8. The van der Waals surface area contributed by atoms with Crippen molar-refractivity contribution >= 4 is 10.1 Å². The molecule has 78 valence electrons. The van der Waals surface area contributed by atoms with Crippen molar-refractivity contribution in [3.63, 3.8) is 0 Å². The van der Waals surface area contributed by atoms with Crippen LogP contribution in [-0.4, -0.2) is 28.3 Å². The minimum absolute atomic E-state index is 0.234. The van der Waals surface area contributed by atoms with Crippen LogP contribution in [-0.2, 0) is 10.1 Å². The molecule has 1 unspecified atom stereocenters. The summed E-state index contributed by atoms with van der Waals surface area (Å²) in [7, 11) is -4.62. The quantitative estimate of drug-likeness (QED) is 0.411. The van der Waals surface area contributed by atoms with E-state index < -0.39 is 27.1 Å². The second kappa shape index (κ2) is 3.45. The average Bonchev–Trinajstić information content (AvgIpc) is 2.07. The third-order valence-corrected chi connectivity index (χ3v) is 2.40. The van der Waals surface area contributed by atoms with Gasteiger partial charge in [0.25, 0.3) is 10.1 Å². The van der Waals surface area contributed by atoms with Crippen LogP contribution >= 0.6 is 0 Å². The summed E-state index contributed by atoms with van der Waals surface area (Å²) < 4.78 is 29.5. The molecule has 0 amide bonds. The highest BCUT2D eigenvalue weighted by molar-refractivity contribution is 7.85. The van der Waals surface area contributed by atoms with Crippen LogP contribution in [0, 0.1) is 0 Å². The van der Waals surface area contributed by atoms with Crippen molar-refractivity contribution in [3.05, 3.63) is 23.8 Å². The van der Waals surface area contributed by atoms with Gasteiger partial charge in [-0.1, -0.05) is 6.07 Å². The number of aliphatic hydroxyl groups excluding tert-OH is 1. The lowest BCUT2D eigenvalue weighted by molar-refractivity contribution is 0.237. The smallest absolute Gasteiger partial charge is 0.296 e. The molecule has 0 bridgehead atoms. The molecule has 0 aliphatic rings. The van der Waals surface area contributed by atoms with Crippen molar-refractivity contribution < 1.29 is 28.3 Å². The summed E-state index contributed by atoms with van der Waals surface area (Å²) in [5.74, 6) is -1.03. The Labute approximate surface area is 79.8 Å². The number of hydrogen-bond donors (Lipinski definition) is 4. The van der Waals surface area contributed by atoms with Crippen molar-refractivity contribution in [1.82, 2.24) is 0 Å². The molecule has 14 heavy (non-hydrogen) atoms.